The van der Waals surface area contributed by atoms with E-state index in [-0.39, 0.29) is 18.2 Å². The average molecular weight is 244 g/mol. The summed E-state index contributed by atoms with van der Waals surface area (Å²) < 4.78 is 10.8. The Kier molecular flexibility index (Phi) is 4.38. The predicted molar refractivity (Wildman–Crippen MR) is 67.8 cm³/mol. The second-order valence-corrected chi connectivity index (χ2v) is 4.22. The molecule has 0 aliphatic carbocycles. The number of carbonyl (C=O) groups is 1. The van der Waals surface area contributed by atoms with Crippen LogP contribution < -0.4 is 0 Å². The van der Waals surface area contributed by atoms with Crippen LogP contribution in [-0.2, 0) is 14.3 Å². The van der Waals surface area contributed by atoms with Crippen LogP contribution in [0.1, 0.15) is 25.3 Å². The summed E-state index contributed by atoms with van der Waals surface area (Å²) in [6.45, 7) is 2.09. The third kappa shape index (κ3) is 3.61. The lowest BCUT2D eigenvalue weighted by atomic mass is 10.1. The Bertz CT molecular complexity index is 456. The van der Waals surface area contributed by atoms with E-state index in [9.17, 15) is 4.79 Å². The minimum Gasteiger partial charge on any atom is -0.459 e. The molecule has 18 heavy (non-hydrogen) atoms. The molecule has 1 fully saturated rings. The number of esters is 1. The normalized spacial score (nSPS) is 22.7. The van der Waals surface area contributed by atoms with Crippen LogP contribution in [0.4, 0.5) is 0 Å². The van der Waals surface area contributed by atoms with Crippen LogP contribution >= 0.6 is 0 Å². The number of hydrogen-bond donors (Lipinski definition) is 0. The third-order valence-electron chi connectivity index (χ3n) is 2.72. The van der Waals surface area contributed by atoms with Gasteiger partial charge in [-0.25, -0.2) is 0 Å². The molecule has 3 nitrogen and oxygen atoms in total. The van der Waals surface area contributed by atoms with Gasteiger partial charge in [0.2, 0.25) is 0 Å². The second kappa shape index (κ2) is 6.23. The highest BCUT2D eigenvalue weighted by molar-refractivity contribution is 5.66. The number of hydrogen-bond acceptors (Lipinski definition) is 3. The molecule has 1 aliphatic heterocycles. The molecule has 1 aromatic rings. The van der Waals surface area contributed by atoms with Gasteiger partial charge in [-0.1, -0.05) is 30.0 Å². The summed E-state index contributed by atoms with van der Waals surface area (Å²) in [5, 5.41) is 0. The summed E-state index contributed by atoms with van der Waals surface area (Å²) in [4.78, 5) is 11.0. The molecular formula is C15H16O3. The molecule has 0 spiro atoms. The van der Waals surface area contributed by atoms with E-state index >= 15 is 0 Å². The second-order valence-electron chi connectivity index (χ2n) is 4.22. The van der Waals surface area contributed by atoms with Crippen LogP contribution in [0.25, 0.3) is 0 Å². The van der Waals surface area contributed by atoms with Crippen LogP contribution in [-0.4, -0.2) is 24.8 Å². The van der Waals surface area contributed by atoms with Gasteiger partial charge in [0.1, 0.15) is 6.10 Å². The molecule has 0 unspecified atom stereocenters. The van der Waals surface area contributed by atoms with E-state index in [1.54, 1.807) is 0 Å². The number of benzene rings is 1. The van der Waals surface area contributed by atoms with Crippen molar-refractivity contribution in [3.63, 3.8) is 0 Å². The minimum absolute atomic E-state index is 0.243. The monoisotopic (exact) mass is 244 g/mol. The van der Waals surface area contributed by atoms with E-state index in [2.05, 4.69) is 11.8 Å². The highest BCUT2D eigenvalue weighted by atomic mass is 16.6. The zero-order chi connectivity index (χ0) is 12.8. The maximum absolute atomic E-state index is 11.0. The molecule has 1 heterocycles. The van der Waals surface area contributed by atoms with Gasteiger partial charge in [-0.3, -0.25) is 4.79 Å². The van der Waals surface area contributed by atoms with Gasteiger partial charge in [-0.05, 0) is 25.0 Å². The summed E-state index contributed by atoms with van der Waals surface area (Å²) in [6, 6.07) is 9.71. The molecule has 94 valence electrons. The Balaban J connectivity index is 2.06. The van der Waals surface area contributed by atoms with Crippen molar-refractivity contribution in [2.75, 3.05) is 6.61 Å². The topological polar surface area (TPSA) is 35.5 Å². The van der Waals surface area contributed by atoms with Gasteiger partial charge in [-0.2, -0.15) is 0 Å². The van der Waals surface area contributed by atoms with E-state index in [0.29, 0.717) is 6.61 Å². The Hall–Kier alpha value is -1.79. The van der Waals surface area contributed by atoms with Crippen LogP contribution in [0.3, 0.4) is 0 Å². The fourth-order valence-electron chi connectivity index (χ4n) is 1.90. The quantitative estimate of drug-likeness (QED) is 0.561. The number of ether oxygens (including phenoxy) is 2. The van der Waals surface area contributed by atoms with Crippen molar-refractivity contribution < 1.29 is 14.3 Å². The van der Waals surface area contributed by atoms with Crippen molar-refractivity contribution in [2.45, 2.75) is 32.0 Å². The van der Waals surface area contributed by atoms with Crippen molar-refractivity contribution in [3.8, 4) is 11.8 Å². The first-order valence-electron chi connectivity index (χ1n) is 6.11. The lowest BCUT2D eigenvalue weighted by Gasteiger charge is -2.27. The Morgan fingerprint density at radius 3 is 2.89 bits per heavy atom. The van der Waals surface area contributed by atoms with E-state index in [0.717, 1.165) is 18.4 Å². The van der Waals surface area contributed by atoms with Gasteiger partial charge in [0.05, 0.1) is 0 Å². The van der Waals surface area contributed by atoms with Gasteiger partial charge in [0, 0.05) is 19.1 Å². The zero-order valence-corrected chi connectivity index (χ0v) is 10.4. The molecule has 0 aromatic heterocycles. The molecule has 0 amide bonds. The predicted octanol–water partition coefficient (Wildman–Crippen LogP) is 2.15. The molecule has 0 saturated carbocycles. The van der Waals surface area contributed by atoms with Gasteiger partial charge >= 0.3 is 5.97 Å². The van der Waals surface area contributed by atoms with Crippen molar-refractivity contribution >= 4 is 5.97 Å². The first-order valence-corrected chi connectivity index (χ1v) is 6.11. The largest absolute Gasteiger partial charge is 0.459 e. The van der Waals surface area contributed by atoms with E-state index in [1.165, 1.54) is 6.92 Å². The van der Waals surface area contributed by atoms with E-state index < -0.39 is 0 Å². The smallest absolute Gasteiger partial charge is 0.303 e. The molecule has 2 rings (SSSR count). The standard InChI is InChI=1S/C15H16O3/c1-12(16)18-15-8-5-11-17-14(15)10-9-13-6-3-2-4-7-13/h2-4,6-7,14-15H,5,8,11H2,1H3/t14-,15-/m0/s1. The molecule has 0 radical (unpaired) electrons. The van der Waals surface area contributed by atoms with Crippen molar-refractivity contribution in [2.24, 2.45) is 0 Å². The van der Waals surface area contributed by atoms with Gasteiger partial charge in [0.25, 0.3) is 0 Å². The summed E-state index contributed by atoms with van der Waals surface area (Å²) in [5.74, 6) is 5.81. The highest BCUT2D eigenvalue weighted by Crippen LogP contribution is 2.17. The molecule has 1 aromatic carbocycles. The van der Waals surface area contributed by atoms with Crippen LogP contribution in [0.5, 0.6) is 0 Å². The summed E-state index contributed by atoms with van der Waals surface area (Å²) in [7, 11) is 0. The van der Waals surface area contributed by atoms with Crippen LogP contribution in [0, 0.1) is 11.8 Å². The Labute approximate surface area is 107 Å². The first kappa shape index (κ1) is 12.7. The Morgan fingerprint density at radius 2 is 2.17 bits per heavy atom. The van der Waals surface area contributed by atoms with E-state index in [1.807, 2.05) is 30.3 Å². The maximum atomic E-state index is 11.0. The zero-order valence-electron chi connectivity index (χ0n) is 10.4. The fourth-order valence-corrected chi connectivity index (χ4v) is 1.90. The number of carbonyl (C=O) groups excluding carboxylic acids is 1. The lowest BCUT2D eigenvalue weighted by molar-refractivity contribution is -0.156. The SMILES string of the molecule is CC(=O)O[C@H]1CCCO[C@H]1C#Cc1ccccc1. The maximum Gasteiger partial charge on any atom is 0.303 e. The Morgan fingerprint density at radius 1 is 1.39 bits per heavy atom. The number of rotatable bonds is 1. The van der Waals surface area contributed by atoms with E-state index in [4.69, 9.17) is 9.47 Å². The van der Waals surface area contributed by atoms with Crippen LogP contribution in [0.15, 0.2) is 30.3 Å². The molecule has 1 saturated heterocycles. The van der Waals surface area contributed by atoms with Crippen molar-refractivity contribution in [1.82, 2.24) is 0 Å². The lowest BCUT2D eigenvalue weighted by Crippen LogP contribution is -2.36. The molecular weight excluding hydrogens is 228 g/mol. The van der Waals surface area contributed by atoms with Crippen molar-refractivity contribution in [1.29, 1.82) is 0 Å². The molecule has 0 bridgehead atoms. The van der Waals surface area contributed by atoms with Crippen LogP contribution in [0.2, 0.25) is 0 Å². The summed E-state index contributed by atoms with van der Waals surface area (Å²) in [5.41, 5.74) is 0.938. The molecule has 1 aliphatic rings. The van der Waals surface area contributed by atoms with Gasteiger partial charge in [-0.15, -0.1) is 0 Å². The average Bonchev–Trinajstić information content (AvgIpc) is 2.38. The third-order valence-corrected chi connectivity index (χ3v) is 2.72. The highest BCUT2D eigenvalue weighted by Gasteiger charge is 2.26. The van der Waals surface area contributed by atoms with Crippen molar-refractivity contribution in [3.05, 3.63) is 35.9 Å². The molecule has 0 N–H and O–H groups in total. The minimum atomic E-state index is -0.317. The molecule has 2 atom stereocenters. The molecule has 3 heteroatoms. The first-order chi connectivity index (χ1) is 8.75. The van der Waals surface area contributed by atoms with Gasteiger partial charge in [0.15, 0.2) is 6.10 Å². The summed E-state index contributed by atoms with van der Waals surface area (Å²) in [6.07, 6.45) is 1.16. The summed E-state index contributed by atoms with van der Waals surface area (Å²) >= 11 is 0. The van der Waals surface area contributed by atoms with Gasteiger partial charge < -0.3 is 9.47 Å². The fraction of sp³-hybridized carbons (Fsp3) is 0.400.